The van der Waals surface area contributed by atoms with Crippen molar-refractivity contribution in [2.45, 2.75) is 0 Å². The SMILES string of the molecule is Nc1ccc(C(=O)Nc2ccc(Br)cc2)c(F)c1. The minimum Gasteiger partial charge on any atom is -0.399 e. The van der Waals surface area contributed by atoms with Crippen LogP contribution in [0.1, 0.15) is 10.4 Å². The second-order valence-corrected chi connectivity index (χ2v) is 4.62. The van der Waals surface area contributed by atoms with Crippen LogP contribution in [0.5, 0.6) is 0 Å². The molecular weight excluding hydrogens is 299 g/mol. The summed E-state index contributed by atoms with van der Waals surface area (Å²) in [5, 5.41) is 2.61. The highest BCUT2D eigenvalue weighted by Gasteiger charge is 2.11. The van der Waals surface area contributed by atoms with Crippen LogP contribution in [0, 0.1) is 5.82 Å². The monoisotopic (exact) mass is 308 g/mol. The van der Waals surface area contributed by atoms with Gasteiger partial charge in [-0.25, -0.2) is 4.39 Å². The number of anilines is 2. The Morgan fingerprint density at radius 3 is 2.44 bits per heavy atom. The summed E-state index contributed by atoms with van der Waals surface area (Å²) in [5.74, 6) is -1.14. The normalized spacial score (nSPS) is 10.1. The quantitative estimate of drug-likeness (QED) is 0.835. The van der Waals surface area contributed by atoms with Crippen LogP contribution >= 0.6 is 15.9 Å². The highest BCUT2D eigenvalue weighted by molar-refractivity contribution is 9.10. The van der Waals surface area contributed by atoms with Crippen LogP contribution in [0.2, 0.25) is 0 Å². The lowest BCUT2D eigenvalue weighted by Crippen LogP contribution is -2.13. The molecule has 5 heteroatoms. The minimum absolute atomic E-state index is 0.0351. The molecule has 3 nitrogen and oxygen atoms in total. The van der Waals surface area contributed by atoms with E-state index in [1.807, 2.05) is 0 Å². The van der Waals surface area contributed by atoms with E-state index in [1.165, 1.54) is 12.1 Å². The number of rotatable bonds is 2. The van der Waals surface area contributed by atoms with Gasteiger partial charge in [0.15, 0.2) is 0 Å². The molecule has 2 aromatic rings. The van der Waals surface area contributed by atoms with E-state index in [2.05, 4.69) is 21.2 Å². The van der Waals surface area contributed by atoms with Crippen molar-refractivity contribution >= 4 is 33.2 Å². The van der Waals surface area contributed by atoms with Crippen LogP contribution in [-0.4, -0.2) is 5.91 Å². The summed E-state index contributed by atoms with van der Waals surface area (Å²) in [7, 11) is 0. The van der Waals surface area contributed by atoms with E-state index in [1.54, 1.807) is 24.3 Å². The number of carbonyl (C=O) groups excluding carboxylic acids is 1. The molecule has 0 aliphatic heterocycles. The van der Waals surface area contributed by atoms with Gasteiger partial charge in [-0.1, -0.05) is 15.9 Å². The molecule has 2 aromatic carbocycles. The summed E-state index contributed by atoms with van der Waals surface area (Å²) in [5.41, 5.74) is 6.27. The first-order chi connectivity index (χ1) is 8.56. The van der Waals surface area contributed by atoms with E-state index in [-0.39, 0.29) is 11.3 Å². The van der Waals surface area contributed by atoms with E-state index in [4.69, 9.17) is 5.73 Å². The standard InChI is InChI=1S/C13H10BrFN2O/c14-8-1-4-10(5-2-8)17-13(18)11-6-3-9(16)7-12(11)15/h1-7H,16H2,(H,17,18). The van der Waals surface area contributed by atoms with Crippen molar-refractivity contribution in [1.82, 2.24) is 0 Å². The summed E-state index contributed by atoms with van der Waals surface area (Å²) >= 11 is 3.29. The van der Waals surface area contributed by atoms with E-state index >= 15 is 0 Å². The number of hydrogen-bond acceptors (Lipinski definition) is 2. The van der Waals surface area contributed by atoms with Gasteiger partial charge in [-0.05, 0) is 42.5 Å². The Morgan fingerprint density at radius 2 is 1.83 bits per heavy atom. The van der Waals surface area contributed by atoms with E-state index < -0.39 is 11.7 Å². The predicted molar refractivity (Wildman–Crippen MR) is 72.9 cm³/mol. The molecule has 0 atom stereocenters. The third-order valence-electron chi connectivity index (χ3n) is 2.34. The predicted octanol–water partition coefficient (Wildman–Crippen LogP) is 3.42. The maximum Gasteiger partial charge on any atom is 0.258 e. The van der Waals surface area contributed by atoms with Crippen LogP contribution in [-0.2, 0) is 0 Å². The zero-order valence-corrected chi connectivity index (χ0v) is 10.9. The summed E-state index contributed by atoms with van der Waals surface area (Å²) < 4.78 is 14.4. The molecule has 3 N–H and O–H groups in total. The molecule has 0 aromatic heterocycles. The average Bonchev–Trinajstić information content (AvgIpc) is 2.32. The molecule has 0 saturated carbocycles. The first-order valence-corrected chi connectivity index (χ1v) is 5.97. The van der Waals surface area contributed by atoms with Crippen LogP contribution in [0.25, 0.3) is 0 Å². The van der Waals surface area contributed by atoms with Crippen LogP contribution in [0.15, 0.2) is 46.9 Å². The Labute approximate surface area is 112 Å². The smallest absolute Gasteiger partial charge is 0.258 e. The Hall–Kier alpha value is -1.88. The van der Waals surface area contributed by atoms with Gasteiger partial charge >= 0.3 is 0 Å². The van der Waals surface area contributed by atoms with E-state index in [0.717, 1.165) is 10.5 Å². The van der Waals surface area contributed by atoms with Gasteiger partial charge in [0.1, 0.15) is 5.82 Å². The molecule has 0 aliphatic rings. The maximum atomic E-state index is 13.5. The summed E-state index contributed by atoms with van der Waals surface area (Å²) in [4.78, 5) is 11.8. The lowest BCUT2D eigenvalue weighted by atomic mass is 10.1. The van der Waals surface area contributed by atoms with Crippen LogP contribution in [0.4, 0.5) is 15.8 Å². The molecule has 92 valence electrons. The second-order valence-electron chi connectivity index (χ2n) is 3.70. The molecule has 0 aliphatic carbocycles. The van der Waals surface area contributed by atoms with Gasteiger partial charge in [0.25, 0.3) is 5.91 Å². The topological polar surface area (TPSA) is 55.1 Å². The van der Waals surface area contributed by atoms with Crippen molar-refractivity contribution in [3.8, 4) is 0 Å². The van der Waals surface area contributed by atoms with Gasteiger partial charge in [-0.3, -0.25) is 4.79 Å². The molecule has 18 heavy (non-hydrogen) atoms. The summed E-state index contributed by atoms with van der Waals surface area (Å²) in [6.45, 7) is 0. The average molecular weight is 309 g/mol. The lowest BCUT2D eigenvalue weighted by Gasteiger charge is -2.06. The third kappa shape index (κ3) is 2.87. The molecule has 2 rings (SSSR count). The Balaban J connectivity index is 2.19. The van der Waals surface area contributed by atoms with Gasteiger partial charge in [0.05, 0.1) is 5.56 Å². The number of carbonyl (C=O) groups is 1. The fourth-order valence-electron chi connectivity index (χ4n) is 1.45. The van der Waals surface area contributed by atoms with Crippen molar-refractivity contribution in [3.05, 3.63) is 58.3 Å². The van der Waals surface area contributed by atoms with Gasteiger partial charge < -0.3 is 11.1 Å². The number of benzene rings is 2. The number of amides is 1. The fraction of sp³-hybridized carbons (Fsp3) is 0. The molecule has 0 bridgehead atoms. The third-order valence-corrected chi connectivity index (χ3v) is 2.87. The highest BCUT2D eigenvalue weighted by atomic mass is 79.9. The summed E-state index contributed by atoms with van der Waals surface area (Å²) in [6, 6.07) is 11.0. The molecular formula is C13H10BrFN2O. The minimum atomic E-state index is -0.635. The van der Waals surface area contributed by atoms with Crippen molar-refractivity contribution in [1.29, 1.82) is 0 Å². The number of nitrogens with two attached hydrogens (primary N) is 1. The molecule has 0 heterocycles. The Morgan fingerprint density at radius 1 is 1.17 bits per heavy atom. The fourth-order valence-corrected chi connectivity index (χ4v) is 1.71. The van der Waals surface area contributed by atoms with E-state index in [9.17, 15) is 9.18 Å². The Bertz CT molecular complexity index is 584. The van der Waals surface area contributed by atoms with E-state index in [0.29, 0.717) is 5.69 Å². The molecule has 1 amide bonds. The largest absolute Gasteiger partial charge is 0.399 e. The molecule has 0 spiro atoms. The summed E-state index contributed by atoms with van der Waals surface area (Å²) in [6.07, 6.45) is 0. The molecule has 0 fully saturated rings. The first-order valence-electron chi connectivity index (χ1n) is 5.18. The van der Waals surface area contributed by atoms with Crippen molar-refractivity contribution in [2.75, 3.05) is 11.1 Å². The number of halogens is 2. The van der Waals surface area contributed by atoms with Crippen molar-refractivity contribution in [2.24, 2.45) is 0 Å². The van der Waals surface area contributed by atoms with Gasteiger partial charge in [-0.15, -0.1) is 0 Å². The van der Waals surface area contributed by atoms with Crippen LogP contribution in [0.3, 0.4) is 0 Å². The van der Waals surface area contributed by atoms with Gasteiger partial charge in [0, 0.05) is 15.8 Å². The van der Waals surface area contributed by atoms with Crippen molar-refractivity contribution < 1.29 is 9.18 Å². The van der Waals surface area contributed by atoms with Crippen LogP contribution < -0.4 is 11.1 Å². The number of hydrogen-bond donors (Lipinski definition) is 2. The highest BCUT2D eigenvalue weighted by Crippen LogP contribution is 2.17. The van der Waals surface area contributed by atoms with Crippen molar-refractivity contribution in [3.63, 3.8) is 0 Å². The molecule has 0 saturated heterocycles. The number of nitrogens with one attached hydrogen (secondary N) is 1. The molecule has 0 radical (unpaired) electrons. The lowest BCUT2D eigenvalue weighted by molar-refractivity contribution is 0.102. The zero-order valence-electron chi connectivity index (χ0n) is 9.28. The first kappa shape index (κ1) is 12.6. The van der Waals surface area contributed by atoms with Gasteiger partial charge in [-0.2, -0.15) is 0 Å². The second kappa shape index (κ2) is 5.18. The maximum absolute atomic E-state index is 13.5. The zero-order chi connectivity index (χ0) is 13.1. The number of nitrogen functional groups attached to an aromatic ring is 1. The van der Waals surface area contributed by atoms with Gasteiger partial charge in [0.2, 0.25) is 0 Å². The Kier molecular flexibility index (Phi) is 3.62. The molecule has 0 unspecified atom stereocenters.